The van der Waals surface area contributed by atoms with E-state index in [0.717, 1.165) is 0 Å². The van der Waals surface area contributed by atoms with Crippen LogP contribution in [0, 0.1) is 0 Å². The van der Waals surface area contributed by atoms with Crippen molar-refractivity contribution in [2.24, 2.45) is 0 Å². The molecule has 1 fully saturated rings. The van der Waals surface area contributed by atoms with E-state index < -0.39 is 18.4 Å². The summed E-state index contributed by atoms with van der Waals surface area (Å²) in [6.45, 7) is -0.246. The molecule has 3 heterocycles. The molecule has 120 valence electrons. The van der Waals surface area contributed by atoms with Crippen molar-refractivity contribution in [3.05, 3.63) is 6.33 Å². The molecule has 0 spiro atoms. The van der Waals surface area contributed by atoms with Gasteiger partial charge in [-0.25, -0.2) is 9.97 Å². The molecule has 9 nitrogen and oxygen atoms in total. The molecule has 0 aromatic heterocycles. The van der Waals surface area contributed by atoms with E-state index in [-0.39, 0.29) is 6.61 Å². The summed E-state index contributed by atoms with van der Waals surface area (Å²) in [5, 5.41) is 19.3. The van der Waals surface area contributed by atoms with Crippen molar-refractivity contribution >= 4 is 5.95 Å². The lowest BCUT2D eigenvalue weighted by atomic mass is 10.2. The van der Waals surface area contributed by atoms with Crippen molar-refractivity contribution in [2.75, 3.05) is 32.7 Å². The zero-order valence-electron chi connectivity index (χ0n) is 12.7. The van der Waals surface area contributed by atoms with Crippen molar-refractivity contribution in [3.8, 4) is 17.4 Å². The number of aliphatic hydroxyl groups excluding tert-OH is 2. The number of hydrogen-bond acceptors (Lipinski definition) is 8. The Balaban J connectivity index is 2.14. The van der Waals surface area contributed by atoms with Crippen molar-refractivity contribution < 1.29 is 19.7 Å². The molecule has 0 aromatic carbocycles. The Morgan fingerprint density at radius 2 is 2.23 bits per heavy atom. The van der Waals surface area contributed by atoms with Crippen LogP contribution in [-0.2, 0) is 4.74 Å². The number of methoxy groups -OCH3 is 1. The van der Waals surface area contributed by atoms with E-state index in [1.807, 2.05) is 14.1 Å². The minimum atomic E-state index is -0.747. The van der Waals surface area contributed by atoms with Crippen LogP contribution in [0.1, 0.15) is 12.6 Å². The standard InChI is InChI=1S/C13H19N5O4/c1-17(2)13-16-11-10(14-6-15-11)12(21-3)18(13)9-4-7(20)8(5-19)22-9/h6-9,19-20H,4-5H2,1-3H3/t7-,8+,9?/m0/s1. The maximum atomic E-state index is 9.99. The van der Waals surface area contributed by atoms with E-state index in [1.54, 1.807) is 9.47 Å². The van der Waals surface area contributed by atoms with Crippen LogP contribution in [0.15, 0.2) is 6.33 Å². The van der Waals surface area contributed by atoms with Crippen molar-refractivity contribution in [3.63, 3.8) is 0 Å². The first kappa shape index (κ1) is 14.9. The molecule has 2 N–H and O–H groups in total. The first-order valence-electron chi connectivity index (χ1n) is 6.95. The molecule has 0 aromatic rings. The molecule has 1 saturated heterocycles. The number of fused-ring (bicyclic) bond motifs is 1. The van der Waals surface area contributed by atoms with E-state index in [9.17, 15) is 10.2 Å². The summed E-state index contributed by atoms with van der Waals surface area (Å²) in [5.41, 5.74) is 0.527. The lowest BCUT2D eigenvalue weighted by Crippen LogP contribution is -2.25. The van der Waals surface area contributed by atoms with Gasteiger partial charge in [0.2, 0.25) is 11.8 Å². The van der Waals surface area contributed by atoms with Crippen LogP contribution in [0.25, 0.3) is 11.5 Å². The van der Waals surface area contributed by atoms with Gasteiger partial charge in [-0.2, -0.15) is 4.98 Å². The predicted octanol–water partition coefficient (Wildman–Crippen LogP) is -0.507. The molecule has 0 radical (unpaired) electrons. The molecule has 3 aliphatic heterocycles. The van der Waals surface area contributed by atoms with Gasteiger partial charge < -0.3 is 24.6 Å². The Kier molecular flexibility index (Phi) is 3.85. The second kappa shape index (κ2) is 5.67. The van der Waals surface area contributed by atoms with Crippen LogP contribution in [-0.4, -0.2) is 69.8 Å². The van der Waals surface area contributed by atoms with Gasteiger partial charge in [-0.15, -0.1) is 0 Å². The molecular formula is C13H19N5O4. The third-order valence-electron chi connectivity index (χ3n) is 3.69. The fourth-order valence-corrected chi connectivity index (χ4v) is 2.65. The summed E-state index contributed by atoms with van der Waals surface area (Å²) < 4.78 is 13.0. The first-order valence-corrected chi connectivity index (χ1v) is 6.95. The third-order valence-corrected chi connectivity index (χ3v) is 3.69. The number of nitrogens with zero attached hydrogens (tertiary/aromatic N) is 5. The summed E-state index contributed by atoms with van der Waals surface area (Å²) in [6.07, 6.45) is -0.130. The van der Waals surface area contributed by atoms with Crippen molar-refractivity contribution in [1.82, 2.24) is 19.5 Å². The highest BCUT2D eigenvalue weighted by Crippen LogP contribution is 2.39. The van der Waals surface area contributed by atoms with Gasteiger partial charge in [0.25, 0.3) is 0 Å². The van der Waals surface area contributed by atoms with Gasteiger partial charge in [0, 0.05) is 20.5 Å². The first-order chi connectivity index (χ1) is 10.6. The Morgan fingerprint density at radius 1 is 1.45 bits per heavy atom. The van der Waals surface area contributed by atoms with Gasteiger partial charge in [-0.05, 0) is 0 Å². The van der Waals surface area contributed by atoms with E-state index in [4.69, 9.17) is 9.47 Å². The summed E-state index contributed by atoms with van der Waals surface area (Å²) in [7, 11) is 5.22. The Bertz CT molecular complexity index is 631. The van der Waals surface area contributed by atoms with Crippen molar-refractivity contribution in [2.45, 2.75) is 24.9 Å². The lowest BCUT2D eigenvalue weighted by molar-refractivity contribution is -0.0460. The highest BCUT2D eigenvalue weighted by Gasteiger charge is 2.38. The smallest absolute Gasteiger partial charge is 0.228 e. The van der Waals surface area contributed by atoms with Gasteiger partial charge in [-0.1, -0.05) is 0 Å². The van der Waals surface area contributed by atoms with Gasteiger partial charge in [0.1, 0.15) is 18.7 Å². The molecule has 0 amide bonds. The average molecular weight is 309 g/mol. The van der Waals surface area contributed by atoms with E-state index >= 15 is 0 Å². The molecule has 22 heavy (non-hydrogen) atoms. The van der Waals surface area contributed by atoms with Crippen molar-refractivity contribution in [1.29, 1.82) is 0 Å². The van der Waals surface area contributed by atoms with E-state index in [1.165, 1.54) is 13.4 Å². The SMILES string of the molecule is COc1c2ncnc-2nc(N(C)C)n1C1C[C@H](O)[C@@H](CO)O1. The zero-order valence-corrected chi connectivity index (χ0v) is 12.7. The zero-order chi connectivity index (χ0) is 15.9. The van der Waals surface area contributed by atoms with E-state index in [2.05, 4.69) is 15.0 Å². The maximum Gasteiger partial charge on any atom is 0.228 e. The van der Waals surface area contributed by atoms with Gasteiger partial charge >= 0.3 is 0 Å². The fraction of sp³-hybridized carbons (Fsp3) is 0.615. The van der Waals surface area contributed by atoms with Crippen LogP contribution in [0.4, 0.5) is 5.95 Å². The number of aromatic nitrogens is 4. The summed E-state index contributed by atoms with van der Waals surface area (Å²) in [6, 6.07) is 0. The minimum Gasteiger partial charge on any atom is -0.480 e. The number of ether oxygens (including phenoxy) is 2. The highest BCUT2D eigenvalue weighted by atomic mass is 16.5. The van der Waals surface area contributed by atoms with Crippen LogP contribution in [0.5, 0.6) is 5.88 Å². The second-order valence-corrected chi connectivity index (χ2v) is 5.35. The number of anilines is 1. The van der Waals surface area contributed by atoms with E-state index in [0.29, 0.717) is 29.8 Å². The molecule has 9 heteroatoms. The average Bonchev–Trinajstić information content (AvgIpc) is 3.10. The summed E-state index contributed by atoms with van der Waals surface area (Å²) in [4.78, 5) is 14.6. The predicted molar refractivity (Wildman–Crippen MR) is 76.9 cm³/mol. The molecule has 0 saturated carbocycles. The molecule has 3 atom stereocenters. The van der Waals surface area contributed by atoms with Crippen LogP contribution in [0.2, 0.25) is 0 Å². The Hall–Kier alpha value is -1.97. The summed E-state index contributed by atoms with van der Waals surface area (Å²) in [5.74, 6) is 1.51. The van der Waals surface area contributed by atoms with Crippen LogP contribution < -0.4 is 9.64 Å². The van der Waals surface area contributed by atoms with Crippen LogP contribution >= 0.6 is 0 Å². The topological polar surface area (TPSA) is 106 Å². The number of imidazole rings is 1. The number of hydrogen-bond donors (Lipinski definition) is 2. The second-order valence-electron chi connectivity index (χ2n) is 5.35. The third kappa shape index (κ3) is 2.27. The quantitative estimate of drug-likeness (QED) is 0.778. The minimum absolute atomic E-state index is 0.246. The number of rotatable bonds is 4. The Labute approximate surface area is 127 Å². The molecule has 0 aliphatic carbocycles. The largest absolute Gasteiger partial charge is 0.480 e. The lowest BCUT2D eigenvalue weighted by Gasteiger charge is -2.26. The van der Waals surface area contributed by atoms with Gasteiger partial charge in [0.15, 0.2) is 11.5 Å². The Morgan fingerprint density at radius 3 is 2.82 bits per heavy atom. The monoisotopic (exact) mass is 309 g/mol. The molecule has 3 aliphatic rings. The molecular weight excluding hydrogens is 290 g/mol. The molecule has 1 unspecified atom stereocenters. The molecule has 0 bridgehead atoms. The van der Waals surface area contributed by atoms with Gasteiger partial charge in [0.05, 0.1) is 19.8 Å². The maximum absolute atomic E-state index is 9.99. The van der Waals surface area contributed by atoms with Gasteiger partial charge in [-0.3, -0.25) is 4.57 Å². The number of aliphatic hydroxyl groups is 2. The molecule has 3 rings (SSSR count). The normalized spacial score (nSPS) is 24.9. The fourth-order valence-electron chi connectivity index (χ4n) is 2.65. The highest BCUT2D eigenvalue weighted by molar-refractivity contribution is 5.61. The van der Waals surface area contributed by atoms with Crippen LogP contribution in [0.3, 0.4) is 0 Å². The summed E-state index contributed by atoms with van der Waals surface area (Å²) >= 11 is 0.